The summed E-state index contributed by atoms with van der Waals surface area (Å²) in [6.07, 6.45) is 1.41. The Labute approximate surface area is 240 Å². The van der Waals surface area contributed by atoms with Gasteiger partial charge in [-0.05, 0) is 76.4 Å². The molecule has 0 radical (unpaired) electrons. The van der Waals surface area contributed by atoms with Crippen molar-refractivity contribution in [3.63, 3.8) is 0 Å². The van der Waals surface area contributed by atoms with E-state index >= 15 is 4.39 Å². The second kappa shape index (κ2) is 9.85. The molecule has 0 atom stereocenters. The average molecular weight is 580 g/mol. The van der Waals surface area contributed by atoms with Gasteiger partial charge in [0.05, 0.1) is 28.7 Å². The van der Waals surface area contributed by atoms with Gasteiger partial charge in [-0.1, -0.05) is 31.5 Å². The number of aromatic nitrogens is 2. The number of rotatable bonds is 6. The topological polar surface area (TPSA) is 99.6 Å². The molecule has 1 aliphatic rings. The lowest BCUT2D eigenvalue weighted by Gasteiger charge is -2.32. The predicted molar refractivity (Wildman–Crippen MR) is 157 cm³/mol. The molecule has 0 aliphatic carbocycles. The number of hydrogen-bond acceptors (Lipinski definition) is 6. The zero-order chi connectivity index (χ0) is 30.1. The standard InChI is InChI=1S/C30H34BFN2O6S/c1-17(2)24-25(31-39-29(4,5)30(6,7)40-31)27(28(35)38-8)33-26(24)22-15-19(32)16-23-21(22)13-14-34(23)41(36,37)20-11-9-18(3)10-12-20/h9-17,33H,1-8H3. The van der Waals surface area contributed by atoms with Gasteiger partial charge in [0.25, 0.3) is 10.0 Å². The zero-order valence-electron chi connectivity index (χ0n) is 24.5. The van der Waals surface area contributed by atoms with Crippen LogP contribution in [-0.4, -0.2) is 48.8 Å². The highest BCUT2D eigenvalue weighted by Crippen LogP contribution is 2.40. The van der Waals surface area contributed by atoms with Crippen molar-refractivity contribution in [3.8, 4) is 11.3 Å². The average Bonchev–Trinajstić information content (AvgIpc) is 3.55. The Hall–Kier alpha value is -3.41. The van der Waals surface area contributed by atoms with Crippen LogP contribution in [0.5, 0.6) is 0 Å². The van der Waals surface area contributed by atoms with E-state index in [1.807, 2.05) is 48.5 Å². The monoisotopic (exact) mass is 580 g/mol. The van der Waals surface area contributed by atoms with Crippen LogP contribution in [0, 0.1) is 12.7 Å². The van der Waals surface area contributed by atoms with Crippen molar-refractivity contribution >= 4 is 39.5 Å². The van der Waals surface area contributed by atoms with Gasteiger partial charge in [-0.15, -0.1) is 0 Å². The van der Waals surface area contributed by atoms with Gasteiger partial charge in [0.1, 0.15) is 11.5 Å². The van der Waals surface area contributed by atoms with Crippen LogP contribution < -0.4 is 5.46 Å². The first kappa shape index (κ1) is 29.1. The Morgan fingerprint density at radius 1 is 1.05 bits per heavy atom. The number of aryl methyl sites for hydroxylation is 1. The largest absolute Gasteiger partial charge is 0.497 e. The number of fused-ring (bicyclic) bond motifs is 1. The zero-order valence-corrected chi connectivity index (χ0v) is 25.3. The molecule has 0 unspecified atom stereocenters. The highest BCUT2D eigenvalue weighted by molar-refractivity contribution is 7.90. The number of aromatic amines is 1. The molecular formula is C30H34BFN2O6S. The maximum atomic E-state index is 15.3. The van der Waals surface area contributed by atoms with Crippen molar-refractivity contribution in [2.75, 3.05) is 7.11 Å². The molecule has 41 heavy (non-hydrogen) atoms. The van der Waals surface area contributed by atoms with Gasteiger partial charge in [-0.2, -0.15) is 0 Å². The van der Waals surface area contributed by atoms with Gasteiger partial charge in [0, 0.05) is 28.3 Å². The fourth-order valence-electron chi connectivity index (χ4n) is 5.23. The minimum Gasteiger partial charge on any atom is -0.464 e. The summed E-state index contributed by atoms with van der Waals surface area (Å²) in [5.41, 5.74) is 1.89. The highest BCUT2D eigenvalue weighted by Gasteiger charge is 2.54. The quantitative estimate of drug-likeness (QED) is 0.238. The third kappa shape index (κ3) is 4.69. The van der Waals surface area contributed by atoms with Gasteiger partial charge in [-0.25, -0.2) is 21.6 Å². The van der Waals surface area contributed by atoms with E-state index in [9.17, 15) is 13.2 Å². The summed E-state index contributed by atoms with van der Waals surface area (Å²) in [5, 5.41) is 0.488. The molecule has 0 bridgehead atoms. The van der Waals surface area contributed by atoms with E-state index < -0.39 is 40.1 Å². The molecule has 2 aromatic carbocycles. The first-order valence-electron chi connectivity index (χ1n) is 13.4. The lowest BCUT2D eigenvalue weighted by Crippen LogP contribution is -2.41. The molecule has 0 saturated carbocycles. The van der Waals surface area contributed by atoms with E-state index in [4.69, 9.17) is 14.0 Å². The Kier molecular flexibility index (Phi) is 6.99. The van der Waals surface area contributed by atoms with Gasteiger partial charge in [-0.3, -0.25) is 0 Å². The first-order valence-corrected chi connectivity index (χ1v) is 14.9. The van der Waals surface area contributed by atoms with Crippen LogP contribution in [0.1, 0.15) is 69.1 Å². The predicted octanol–water partition coefficient (Wildman–Crippen LogP) is 5.53. The van der Waals surface area contributed by atoms with Crippen LogP contribution in [0.4, 0.5) is 4.39 Å². The van der Waals surface area contributed by atoms with E-state index in [-0.39, 0.29) is 22.0 Å². The summed E-state index contributed by atoms with van der Waals surface area (Å²) in [4.78, 5) is 16.3. The van der Waals surface area contributed by atoms with Crippen LogP contribution in [0.25, 0.3) is 22.2 Å². The Morgan fingerprint density at radius 3 is 2.22 bits per heavy atom. The molecule has 8 nitrogen and oxygen atoms in total. The molecule has 0 amide bonds. The van der Waals surface area contributed by atoms with Gasteiger partial charge in [0.2, 0.25) is 0 Å². The highest BCUT2D eigenvalue weighted by atomic mass is 32.2. The number of carbonyl (C=O) groups excluding carboxylic acids is 1. The second-order valence-corrected chi connectivity index (χ2v) is 13.6. The SMILES string of the molecule is COC(=O)c1[nH]c(-c2cc(F)cc3c2ccn3S(=O)(=O)c2ccc(C)cc2)c(C(C)C)c1B1OC(C)(C)C(C)(C)O1. The molecule has 1 N–H and O–H groups in total. The number of ether oxygens (including phenoxy) is 1. The lowest BCUT2D eigenvalue weighted by atomic mass is 9.73. The van der Waals surface area contributed by atoms with Crippen molar-refractivity contribution in [1.29, 1.82) is 0 Å². The normalized spacial score (nSPS) is 16.6. The Bertz CT molecular complexity index is 1750. The van der Waals surface area contributed by atoms with E-state index in [0.717, 1.165) is 9.54 Å². The molecule has 216 valence electrons. The number of nitrogens with zero attached hydrogens (tertiary/aromatic N) is 1. The van der Waals surface area contributed by atoms with E-state index in [2.05, 4.69) is 4.98 Å². The summed E-state index contributed by atoms with van der Waals surface area (Å²) in [5.74, 6) is -1.42. The number of halogens is 1. The fraction of sp³-hybridized carbons (Fsp3) is 0.367. The smallest absolute Gasteiger partial charge is 0.464 e. The molecule has 1 aliphatic heterocycles. The molecule has 5 rings (SSSR count). The number of esters is 1. The first-order chi connectivity index (χ1) is 19.1. The molecule has 2 aromatic heterocycles. The fourth-order valence-corrected chi connectivity index (χ4v) is 6.57. The molecule has 1 fully saturated rings. The number of H-pyrrole nitrogens is 1. The number of benzene rings is 2. The minimum atomic E-state index is -4.01. The van der Waals surface area contributed by atoms with Gasteiger partial charge in [0.15, 0.2) is 0 Å². The third-order valence-electron chi connectivity index (χ3n) is 8.12. The summed E-state index contributed by atoms with van der Waals surface area (Å²) in [6.45, 7) is 13.4. The van der Waals surface area contributed by atoms with Crippen molar-refractivity contribution in [1.82, 2.24) is 8.96 Å². The molecule has 11 heteroatoms. The number of methoxy groups -OCH3 is 1. The van der Waals surface area contributed by atoms with Crippen molar-refractivity contribution < 1.29 is 31.6 Å². The van der Waals surface area contributed by atoms with E-state index in [1.165, 1.54) is 37.6 Å². The third-order valence-corrected chi connectivity index (χ3v) is 9.82. The van der Waals surface area contributed by atoms with Crippen LogP contribution in [-0.2, 0) is 24.1 Å². The minimum absolute atomic E-state index is 0.0881. The lowest BCUT2D eigenvalue weighted by molar-refractivity contribution is 0.00578. The number of carbonyl (C=O) groups is 1. The molecule has 4 aromatic rings. The summed E-state index contributed by atoms with van der Waals surface area (Å²) in [7, 11) is -3.63. The maximum Gasteiger partial charge on any atom is 0.497 e. The molecule has 3 heterocycles. The number of nitrogens with one attached hydrogen (secondary N) is 1. The van der Waals surface area contributed by atoms with Crippen LogP contribution in [0.2, 0.25) is 0 Å². The van der Waals surface area contributed by atoms with Crippen LogP contribution >= 0.6 is 0 Å². The van der Waals surface area contributed by atoms with Crippen LogP contribution in [0.15, 0.2) is 53.6 Å². The summed E-state index contributed by atoms with van der Waals surface area (Å²) < 4.78 is 61.3. The Balaban J connectivity index is 1.76. The van der Waals surface area contributed by atoms with Gasteiger partial charge < -0.3 is 19.0 Å². The molecule has 0 spiro atoms. The van der Waals surface area contributed by atoms with Crippen molar-refractivity contribution in [2.45, 2.75) is 70.5 Å². The van der Waals surface area contributed by atoms with Gasteiger partial charge >= 0.3 is 13.1 Å². The maximum absolute atomic E-state index is 15.3. The van der Waals surface area contributed by atoms with Crippen LogP contribution in [0.3, 0.4) is 0 Å². The molecule has 1 saturated heterocycles. The summed E-state index contributed by atoms with van der Waals surface area (Å²) >= 11 is 0. The van der Waals surface area contributed by atoms with Crippen molar-refractivity contribution in [3.05, 3.63) is 71.3 Å². The van der Waals surface area contributed by atoms with E-state index in [0.29, 0.717) is 27.7 Å². The summed E-state index contributed by atoms with van der Waals surface area (Å²) in [6, 6.07) is 10.6. The second-order valence-electron chi connectivity index (χ2n) is 11.8. The van der Waals surface area contributed by atoms with Crippen molar-refractivity contribution in [2.24, 2.45) is 0 Å². The Morgan fingerprint density at radius 2 is 1.66 bits per heavy atom. The molecular weight excluding hydrogens is 546 g/mol. The van der Waals surface area contributed by atoms with E-state index in [1.54, 1.807) is 18.2 Å². The number of hydrogen-bond donors (Lipinski definition) is 1.